The Balaban J connectivity index is 1.52. The third-order valence-electron chi connectivity index (χ3n) is 4.04. The van der Waals surface area contributed by atoms with Gasteiger partial charge in [-0.05, 0) is 53.6 Å². The fraction of sp³-hybridized carbons (Fsp3) is 0.0870. The van der Waals surface area contributed by atoms with E-state index in [-0.39, 0.29) is 5.69 Å². The molecule has 3 nitrogen and oxygen atoms in total. The van der Waals surface area contributed by atoms with Gasteiger partial charge in [0, 0.05) is 11.8 Å². The lowest BCUT2D eigenvalue weighted by atomic mass is 10.2. The molecule has 0 saturated carbocycles. The van der Waals surface area contributed by atoms with E-state index in [9.17, 15) is 18.0 Å². The van der Waals surface area contributed by atoms with Gasteiger partial charge in [-0.25, -0.2) is 0 Å². The van der Waals surface area contributed by atoms with E-state index in [1.165, 1.54) is 18.2 Å². The van der Waals surface area contributed by atoms with Gasteiger partial charge < -0.3 is 10.1 Å². The number of nitrogens with one attached hydrogen (secondary N) is 1. The highest BCUT2D eigenvalue weighted by Gasteiger charge is 2.29. The lowest BCUT2D eigenvalue weighted by Crippen LogP contribution is -2.09. The van der Waals surface area contributed by atoms with Crippen LogP contribution in [0.3, 0.4) is 0 Å². The summed E-state index contributed by atoms with van der Waals surface area (Å²) in [4.78, 5) is 11.9. The van der Waals surface area contributed by atoms with Crippen molar-refractivity contribution in [2.24, 2.45) is 0 Å². The first kappa shape index (κ1) is 20.2. The highest BCUT2D eigenvalue weighted by atomic mass is 19.4. The number of benzene rings is 3. The fourth-order valence-electron chi connectivity index (χ4n) is 2.51. The maximum absolute atomic E-state index is 12.5. The van der Waals surface area contributed by atoms with Gasteiger partial charge in [0.1, 0.15) is 12.4 Å². The van der Waals surface area contributed by atoms with Crippen molar-refractivity contribution in [2.45, 2.75) is 12.8 Å². The minimum atomic E-state index is -4.40. The second kappa shape index (κ2) is 9.10. The van der Waals surface area contributed by atoms with Gasteiger partial charge in [0.2, 0.25) is 5.91 Å². The summed E-state index contributed by atoms with van der Waals surface area (Å²) in [6.45, 7) is 0.464. The summed E-state index contributed by atoms with van der Waals surface area (Å²) in [5.74, 6) is 0.273. The van der Waals surface area contributed by atoms with Crippen LogP contribution in [0.25, 0.3) is 6.08 Å². The third-order valence-corrected chi connectivity index (χ3v) is 4.04. The van der Waals surface area contributed by atoms with Gasteiger partial charge in [-0.1, -0.05) is 42.5 Å². The maximum atomic E-state index is 12.5. The predicted molar refractivity (Wildman–Crippen MR) is 106 cm³/mol. The molecule has 0 radical (unpaired) electrons. The molecule has 0 spiro atoms. The molecule has 3 aromatic rings. The number of hydrogen-bond donors (Lipinski definition) is 1. The molecule has 29 heavy (non-hydrogen) atoms. The number of carbonyl (C=O) groups excluding carboxylic acids is 1. The molecule has 1 amide bonds. The second-order valence-corrected chi connectivity index (χ2v) is 6.24. The Morgan fingerprint density at radius 2 is 1.55 bits per heavy atom. The molecule has 0 aliphatic heterocycles. The zero-order chi connectivity index (χ0) is 20.7. The van der Waals surface area contributed by atoms with Gasteiger partial charge in [0.05, 0.1) is 5.56 Å². The summed E-state index contributed by atoms with van der Waals surface area (Å²) >= 11 is 0. The average Bonchev–Trinajstić information content (AvgIpc) is 2.72. The first-order valence-electron chi connectivity index (χ1n) is 8.83. The van der Waals surface area contributed by atoms with Crippen LogP contribution in [0.4, 0.5) is 18.9 Å². The van der Waals surface area contributed by atoms with Crippen LogP contribution in [-0.4, -0.2) is 5.91 Å². The second-order valence-electron chi connectivity index (χ2n) is 6.24. The molecule has 0 aliphatic rings. The van der Waals surface area contributed by atoms with E-state index in [4.69, 9.17) is 4.74 Å². The van der Waals surface area contributed by atoms with Crippen LogP contribution >= 0.6 is 0 Å². The zero-order valence-electron chi connectivity index (χ0n) is 15.3. The van der Waals surface area contributed by atoms with Crippen LogP contribution < -0.4 is 10.1 Å². The molecule has 0 atom stereocenters. The molecule has 3 aromatic carbocycles. The van der Waals surface area contributed by atoms with E-state index in [0.717, 1.165) is 23.3 Å². The van der Waals surface area contributed by atoms with Crippen LogP contribution in [-0.2, 0) is 17.6 Å². The summed E-state index contributed by atoms with van der Waals surface area (Å²) in [5.41, 5.74) is 1.38. The van der Waals surface area contributed by atoms with E-state index >= 15 is 0 Å². The molecule has 0 unspecified atom stereocenters. The topological polar surface area (TPSA) is 38.3 Å². The lowest BCUT2D eigenvalue weighted by Gasteiger charge is -2.08. The van der Waals surface area contributed by atoms with Crippen LogP contribution in [0.15, 0.2) is 84.9 Å². The molecule has 0 heterocycles. The number of hydrogen-bond acceptors (Lipinski definition) is 2. The summed E-state index contributed by atoms with van der Waals surface area (Å²) in [6.07, 6.45) is -1.47. The molecule has 6 heteroatoms. The molecule has 1 N–H and O–H groups in total. The number of amides is 1. The summed E-state index contributed by atoms with van der Waals surface area (Å²) in [5, 5.41) is 2.52. The van der Waals surface area contributed by atoms with E-state index in [2.05, 4.69) is 5.32 Å². The Kier molecular flexibility index (Phi) is 6.34. The average molecular weight is 397 g/mol. The minimum Gasteiger partial charge on any atom is -0.489 e. The smallest absolute Gasteiger partial charge is 0.416 e. The van der Waals surface area contributed by atoms with Crippen molar-refractivity contribution in [3.8, 4) is 5.75 Å². The van der Waals surface area contributed by atoms with Crippen LogP contribution in [0.1, 0.15) is 16.7 Å². The van der Waals surface area contributed by atoms with Crippen LogP contribution in [0.5, 0.6) is 5.75 Å². The molecule has 0 saturated heterocycles. The summed E-state index contributed by atoms with van der Waals surface area (Å²) in [6, 6.07) is 21.3. The van der Waals surface area contributed by atoms with Crippen molar-refractivity contribution in [3.05, 3.63) is 102 Å². The van der Waals surface area contributed by atoms with Crippen molar-refractivity contribution in [3.63, 3.8) is 0 Å². The Labute approximate surface area is 166 Å². The van der Waals surface area contributed by atoms with Crippen LogP contribution in [0, 0.1) is 0 Å². The van der Waals surface area contributed by atoms with Gasteiger partial charge in [-0.15, -0.1) is 0 Å². The Morgan fingerprint density at radius 1 is 0.897 bits per heavy atom. The first-order chi connectivity index (χ1) is 13.9. The Hall–Kier alpha value is -3.54. The van der Waals surface area contributed by atoms with Gasteiger partial charge in [0.15, 0.2) is 0 Å². The number of halogens is 3. The standard InChI is InChI=1S/C23H18F3NO2/c24-23(25,26)19-9-11-20(12-10-19)27-22(28)15-8-17-6-13-21(14-7-17)29-16-18-4-2-1-3-5-18/h1-15H,16H2,(H,27,28)/b15-8+. The van der Waals surface area contributed by atoms with Gasteiger partial charge in [-0.3, -0.25) is 4.79 Å². The maximum Gasteiger partial charge on any atom is 0.416 e. The SMILES string of the molecule is O=C(/C=C/c1ccc(OCc2ccccc2)cc1)Nc1ccc(C(F)(F)F)cc1. The van der Waals surface area contributed by atoms with E-state index in [0.29, 0.717) is 12.4 Å². The largest absolute Gasteiger partial charge is 0.489 e. The number of anilines is 1. The molecule has 0 aromatic heterocycles. The molecular formula is C23H18F3NO2. The number of carbonyl (C=O) groups is 1. The number of rotatable bonds is 6. The summed E-state index contributed by atoms with van der Waals surface area (Å²) < 4.78 is 43.3. The van der Waals surface area contributed by atoms with Gasteiger partial charge in [0.25, 0.3) is 0 Å². The van der Waals surface area contributed by atoms with Crippen molar-refractivity contribution in [1.29, 1.82) is 0 Å². The van der Waals surface area contributed by atoms with E-state index in [1.54, 1.807) is 18.2 Å². The molecule has 3 rings (SSSR count). The predicted octanol–water partition coefficient (Wildman–Crippen LogP) is 5.94. The molecule has 0 fully saturated rings. The van der Waals surface area contributed by atoms with Crippen molar-refractivity contribution in [1.82, 2.24) is 0 Å². The van der Waals surface area contributed by atoms with Gasteiger partial charge >= 0.3 is 6.18 Å². The Morgan fingerprint density at radius 3 is 2.17 bits per heavy atom. The van der Waals surface area contributed by atoms with E-state index < -0.39 is 17.6 Å². The molecular weight excluding hydrogens is 379 g/mol. The van der Waals surface area contributed by atoms with Crippen molar-refractivity contribution >= 4 is 17.7 Å². The molecule has 0 bridgehead atoms. The van der Waals surface area contributed by atoms with Crippen molar-refractivity contribution in [2.75, 3.05) is 5.32 Å². The highest BCUT2D eigenvalue weighted by molar-refractivity contribution is 6.01. The van der Waals surface area contributed by atoms with E-state index in [1.807, 2.05) is 42.5 Å². The molecule has 148 valence electrons. The van der Waals surface area contributed by atoms with Crippen molar-refractivity contribution < 1.29 is 22.7 Å². The Bertz CT molecular complexity index is 964. The fourth-order valence-corrected chi connectivity index (χ4v) is 2.51. The quantitative estimate of drug-likeness (QED) is 0.523. The summed E-state index contributed by atoms with van der Waals surface area (Å²) in [7, 11) is 0. The number of ether oxygens (including phenoxy) is 1. The molecule has 0 aliphatic carbocycles. The zero-order valence-corrected chi connectivity index (χ0v) is 15.3. The third kappa shape index (κ3) is 6.24. The first-order valence-corrected chi connectivity index (χ1v) is 8.83. The van der Waals surface area contributed by atoms with Crippen LogP contribution in [0.2, 0.25) is 0 Å². The minimum absolute atomic E-state index is 0.289. The monoisotopic (exact) mass is 397 g/mol. The normalized spacial score (nSPS) is 11.4. The number of alkyl halides is 3. The highest BCUT2D eigenvalue weighted by Crippen LogP contribution is 2.29. The lowest BCUT2D eigenvalue weighted by molar-refractivity contribution is -0.137. The van der Waals surface area contributed by atoms with Gasteiger partial charge in [-0.2, -0.15) is 13.2 Å².